The molecule has 0 spiro atoms. The number of morpholine rings is 1. The summed E-state index contributed by atoms with van der Waals surface area (Å²) in [6.45, 7) is 6.10. The Balaban J connectivity index is 1.41. The molecule has 0 unspecified atom stereocenters. The molecule has 2 fully saturated rings. The van der Waals surface area contributed by atoms with E-state index in [1.807, 2.05) is 4.90 Å². The van der Waals surface area contributed by atoms with Gasteiger partial charge in [0.2, 0.25) is 0 Å². The van der Waals surface area contributed by atoms with Crippen LogP contribution in [-0.4, -0.2) is 87.2 Å². The van der Waals surface area contributed by atoms with Crippen LogP contribution in [0.15, 0.2) is 24.3 Å². The van der Waals surface area contributed by atoms with Crippen molar-refractivity contribution in [2.45, 2.75) is 0 Å². The first kappa shape index (κ1) is 18.6. The number of halogens is 1. The zero-order valence-corrected chi connectivity index (χ0v) is 14.8. The molecule has 1 aromatic carbocycles. The minimum Gasteiger partial charge on any atom is -0.379 e. The summed E-state index contributed by atoms with van der Waals surface area (Å²) in [5.41, 5.74) is 0.537. The Morgan fingerprint density at radius 1 is 1.04 bits per heavy atom. The van der Waals surface area contributed by atoms with Gasteiger partial charge in [0.15, 0.2) is 0 Å². The number of amides is 2. The monoisotopic (exact) mass is 364 g/mol. The number of ether oxygens (including phenoxy) is 1. The molecule has 0 saturated carbocycles. The molecule has 2 aliphatic heterocycles. The number of nitrogens with one attached hydrogen (secondary N) is 1. The van der Waals surface area contributed by atoms with Crippen molar-refractivity contribution >= 4 is 17.5 Å². The van der Waals surface area contributed by atoms with Gasteiger partial charge < -0.3 is 19.9 Å². The number of hydrogen-bond acceptors (Lipinski definition) is 5. The summed E-state index contributed by atoms with van der Waals surface area (Å²) in [7, 11) is 0. The van der Waals surface area contributed by atoms with E-state index in [0.717, 1.165) is 13.1 Å². The molecule has 142 valence electrons. The van der Waals surface area contributed by atoms with Crippen molar-refractivity contribution in [2.24, 2.45) is 0 Å². The summed E-state index contributed by atoms with van der Waals surface area (Å²) < 4.78 is 19.1. The quantitative estimate of drug-likeness (QED) is 0.758. The second-order valence-electron chi connectivity index (χ2n) is 6.44. The lowest BCUT2D eigenvalue weighted by molar-refractivity contribution is -0.146. The van der Waals surface area contributed by atoms with Crippen molar-refractivity contribution in [3.05, 3.63) is 30.1 Å². The maximum absolute atomic E-state index is 13.9. The zero-order valence-electron chi connectivity index (χ0n) is 14.8. The van der Waals surface area contributed by atoms with E-state index in [2.05, 4.69) is 10.2 Å². The highest BCUT2D eigenvalue weighted by atomic mass is 19.1. The normalized spacial score (nSPS) is 18.7. The summed E-state index contributed by atoms with van der Waals surface area (Å²) in [4.78, 5) is 30.0. The van der Waals surface area contributed by atoms with E-state index in [1.165, 1.54) is 11.0 Å². The van der Waals surface area contributed by atoms with Crippen LogP contribution >= 0.6 is 0 Å². The summed E-state index contributed by atoms with van der Waals surface area (Å²) in [5.74, 6) is -1.36. The lowest BCUT2D eigenvalue weighted by Crippen LogP contribution is -2.53. The Kier molecular flexibility index (Phi) is 6.40. The predicted octanol–water partition coefficient (Wildman–Crippen LogP) is -0.0773. The Morgan fingerprint density at radius 2 is 1.73 bits per heavy atom. The fourth-order valence-electron chi connectivity index (χ4n) is 3.23. The molecule has 8 heteroatoms. The number of benzene rings is 1. The predicted molar refractivity (Wildman–Crippen MR) is 95.5 cm³/mol. The topological polar surface area (TPSA) is 65.1 Å². The van der Waals surface area contributed by atoms with Crippen molar-refractivity contribution in [2.75, 3.05) is 70.5 Å². The van der Waals surface area contributed by atoms with Crippen LogP contribution < -0.4 is 10.2 Å². The van der Waals surface area contributed by atoms with Gasteiger partial charge in [0.25, 0.3) is 0 Å². The molecule has 1 N–H and O–H groups in total. The Morgan fingerprint density at radius 3 is 2.42 bits per heavy atom. The average Bonchev–Trinajstić information content (AvgIpc) is 2.69. The van der Waals surface area contributed by atoms with E-state index in [4.69, 9.17) is 4.74 Å². The highest BCUT2D eigenvalue weighted by Crippen LogP contribution is 2.20. The highest BCUT2D eigenvalue weighted by Gasteiger charge is 2.26. The maximum Gasteiger partial charge on any atom is 0.312 e. The molecule has 7 nitrogen and oxygen atoms in total. The van der Waals surface area contributed by atoms with Crippen molar-refractivity contribution in [1.82, 2.24) is 15.1 Å². The lowest BCUT2D eigenvalue weighted by atomic mass is 10.2. The standard InChI is InChI=1S/C18H25FN4O3/c19-15-3-1-2-4-16(15)22-7-9-23(10-8-22)18(25)17(24)20-5-6-21-11-13-26-14-12-21/h1-4H,5-14H2,(H,20,24). The van der Waals surface area contributed by atoms with E-state index in [9.17, 15) is 14.0 Å². The van der Waals surface area contributed by atoms with Gasteiger partial charge in [-0.1, -0.05) is 12.1 Å². The number of piperazine rings is 1. The number of carbonyl (C=O) groups is 2. The fourth-order valence-corrected chi connectivity index (χ4v) is 3.23. The summed E-state index contributed by atoms with van der Waals surface area (Å²) >= 11 is 0. The number of hydrogen-bond donors (Lipinski definition) is 1. The van der Waals surface area contributed by atoms with Gasteiger partial charge in [0, 0.05) is 52.4 Å². The first-order chi connectivity index (χ1) is 12.6. The van der Waals surface area contributed by atoms with Gasteiger partial charge in [0.05, 0.1) is 18.9 Å². The third kappa shape index (κ3) is 4.70. The first-order valence-electron chi connectivity index (χ1n) is 9.02. The van der Waals surface area contributed by atoms with Gasteiger partial charge in [-0.2, -0.15) is 0 Å². The molecular weight excluding hydrogens is 339 g/mol. The van der Waals surface area contributed by atoms with Crippen molar-refractivity contribution in [1.29, 1.82) is 0 Å². The molecule has 2 heterocycles. The van der Waals surface area contributed by atoms with Gasteiger partial charge in [-0.3, -0.25) is 14.5 Å². The van der Waals surface area contributed by atoms with Crippen molar-refractivity contribution in [3.8, 4) is 0 Å². The Hall–Kier alpha value is -2.19. The molecule has 0 aromatic heterocycles. The third-order valence-corrected chi connectivity index (χ3v) is 4.77. The Labute approximate surface area is 152 Å². The van der Waals surface area contributed by atoms with Gasteiger partial charge >= 0.3 is 11.8 Å². The molecule has 1 aromatic rings. The number of rotatable bonds is 4. The van der Waals surface area contributed by atoms with Crippen LogP contribution in [-0.2, 0) is 14.3 Å². The zero-order chi connectivity index (χ0) is 18.4. The molecule has 0 aliphatic carbocycles. The van der Waals surface area contributed by atoms with E-state index in [1.54, 1.807) is 18.2 Å². The fraction of sp³-hybridized carbons (Fsp3) is 0.556. The second kappa shape index (κ2) is 8.95. The number of nitrogens with zero attached hydrogens (tertiary/aromatic N) is 3. The Bertz CT molecular complexity index is 629. The SMILES string of the molecule is O=C(NCCN1CCOCC1)C(=O)N1CCN(c2ccccc2F)CC1. The number of carbonyl (C=O) groups excluding carboxylic acids is 2. The molecule has 2 amide bonds. The highest BCUT2D eigenvalue weighted by molar-refractivity contribution is 6.35. The molecule has 26 heavy (non-hydrogen) atoms. The van der Waals surface area contributed by atoms with E-state index in [-0.39, 0.29) is 5.82 Å². The van der Waals surface area contributed by atoms with E-state index >= 15 is 0 Å². The van der Waals surface area contributed by atoms with Crippen LogP contribution in [0.3, 0.4) is 0 Å². The van der Waals surface area contributed by atoms with Gasteiger partial charge in [-0.25, -0.2) is 4.39 Å². The van der Waals surface area contributed by atoms with Crippen LogP contribution in [0.1, 0.15) is 0 Å². The molecular formula is C18H25FN4O3. The van der Waals surface area contributed by atoms with Crippen LogP contribution in [0.2, 0.25) is 0 Å². The van der Waals surface area contributed by atoms with Crippen molar-refractivity contribution < 1.29 is 18.7 Å². The van der Waals surface area contributed by atoms with Gasteiger partial charge in [-0.05, 0) is 12.1 Å². The van der Waals surface area contributed by atoms with Crippen LogP contribution in [0.25, 0.3) is 0 Å². The van der Waals surface area contributed by atoms with E-state index in [0.29, 0.717) is 58.2 Å². The minimum absolute atomic E-state index is 0.270. The molecule has 2 aliphatic rings. The number of anilines is 1. The summed E-state index contributed by atoms with van der Waals surface area (Å²) in [6.07, 6.45) is 0. The maximum atomic E-state index is 13.9. The summed E-state index contributed by atoms with van der Waals surface area (Å²) in [6, 6.07) is 6.59. The van der Waals surface area contributed by atoms with Crippen LogP contribution in [0, 0.1) is 5.82 Å². The molecule has 0 radical (unpaired) electrons. The second-order valence-corrected chi connectivity index (χ2v) is 6.44. The molecule has 0 atom stereocenters. The van der Waals surface area contributed by atoms with Crippen LogP contribution in [0.4, 0.5) is 10.1 Å². The van der Waals surface area contributed by atoms with Crippen molar-refractivity contribution in [3.63, 3.8) is 0 Å². The van der Waals surface area contributed by atoms with Gasteiger partial charge in [-0.15, -0.1) is 0 Å². The first-order valence-corrected chi connectivity index (χ1v) is 9.02. The third-order valence-electron chi connectivity index (χ3n) is 4.77. The minimum atomic E-state index is -0.572. The number of para-hydroxylation sites is 1. The molecule has 0 bridgehead atoms. The largest absolute Gasteiger partial charge is 0.379 e. The smallest absolute Gasteiger partial charge is 0.312 e. The van der Waals surface area contributed by atoms with Gasteiger partial charge in [0.1, 0.15) is 5.82 Å². The average molecular weight is 364 g/mol. The molecule has 2 saturated heterocycles. The summed E-state index contributed by atoms with van der Waals surface area (Å²) in [5, 5.41) is 2.69. The van der Waals surface area contributed by atoms with Crippen LogP contribution in [0.5, 0.6) is 0 Å². The lowest BCUT2D eigenvalue weighted by Gasteiger charge is -2.35. The molecule has 3 rings (SSSR count). The van der Waals surface area contributed by atoms with E-state index < -0.39 is 11.8 Å².